The highest BCUT2D eigenvalue weighted by Crippen LogP contribution is 2.52. The van der Waals surface area contributed by atoms with Gasteiger partial charge in [0, 0.05) is 0 Å². The Morgan fingerprint density at radius 1 is 1.28 bits per heavy atom. The normalized spacial score (nSPS) is 28.3. The molecule has 0 radical (unpaired) electrons. The molecule has 2 bridgehead atoms. The zero-order chi connectivity index (χ0) is 20.7. The first-order chi connectivity index (χ1) is 13.9. The fourth-order valence-corrected chi connectivity index (χ4v) is 4.98. The van der Waals surface area contributed by atoms with Crippen molar-refractivity contribution in [3.05, 3.63) is 39.5 Å². The van der Waals surface area contributed by atoms with Gasteiger partial charge in [0.15, 0.2) is 6.10 Å². The van der Waals surface area contributed by atoms with E-state index in [1.165, 1.54) is 6.21 Å². The Morgan fingerprint density at radius 3 is 2.52 bits per heavy atom. The van der Waals surface area contributed by atoms with E-state index in [4.69, 9.17) is 9.47 Å². The third-order valence-corrected chi connectivity index (χ3v) is 6.49. The number of hydrogen-bond acceptors (Lipinski definition) is 6. The van der Waals surface area contributed by atoms with E-state index in [1.54, 1.807) is 26.0 Å². The summed E-state index contributed by atoms with van der Waals surface area (Å²) in [7, 11) is 0. The number of halogens is 1. The van der Waals surface area contributed by atoms with Crippen LogP contribution in [0.4, 0.5) is 0 Å². The molecule has 0 aromatic heterocycles. The standard InChI is InChI=1S/C21H21IN2O5/c1-3-28-21(27)11(2)29-16-7-4-12(8-15(16)22)10-23-24-19(25)17-13-5-6-14(9-13)18(17)20(24)26/h4-8,10-11,13-14,17-18H,3,9H2,1-2H3/t11-,13+,14+,17-,18+/m1/s1. The van der Waals surface area contributed by atoms with Gasteiger partial charge in [-0.25, -0.2) is 4.79 Å². The molecule has 1 heterocycles. The van der Waals surface area contributed by atoms with E-state index in [-0.39, 0.29) is 35.5 Å². The molecule has 0 spiro atoms. The summed E-state index contributed by atoms with van der Waals surface area (Å²) in [6, 6.07) is 5.30. The monoisotopic (exact) mass is 508 g/mol. The smallest absolute Gasteiger partial charge is 0.347 e. The first-order valence-electron chi connectivity index (χ1n) is 9.63. The van der Waals surface area contributed by atoms with E-state index in [9.17, 15) is 14.4 Å². The number of nitrogens with zero attached hydrogens (tertiary/aromatic N) is 2. The van der Waals surface area contributed by atoms with E-state index in [1.807, 2.05) is 6.07 Å². The molecule has 2 amide bonds. The van der Waals surface area contributed by atoms with Crippen LogP contribution >= 0.6 is 22.6 Å². The van der Waals surface area contributed by atoms with Crippen LogP contribution in [0.2, 0.25) is 0 Å². The Bertz CT molecular complexity index is 898. The van der Waals surface area contributed by atoms with Gasteiger partial charge in [0.05, 0.1) is 28.2 Å². The number of hydrogen-bond donors (Lipinski definition) is 0. The molecule has 2 fully saturated rings. The van der Waals surface area contributed by atoms with Gasteiger partial charge in [0.1, 0.15) is 5.75 Å². The molecule has 5 atom stereocenters. The molecule has 152 valence electrons. The second-order valence-corrected chi connectivity index (χ2v) is 8.60. The molecule has 1 aromatic carbocycles. The molecule has 2 aliphatic carbocycles. The first-order valence-corrected chi connectivity index (χ1v) is 10.7. The van der Waals surface area contributed by atoms with Crippen molar-refractivity contribution >= 4 is 46.6 Å². The number of ether oxygens (including phenoxy) is 2. The summed E-state index contributed by atoms with van der Waals surface area (Å²) < 4.78 is 11.4. The highest BCUT2D eigenvalue weighted by molar-refractivity contribution is 14.1. The van der Waals surface area contributed by atoms with Gasteiger partial charge in [-0.1, -0.05) is 12.2 Å². The Hall–Kier alpha value is -2.23. The molecule has 1 saturated carbocycles. The highest BCUT2D eigenvalue weighted by atomic mass is 127. The number of imide groups is 1. The third kappa shape index (κ3) is 3.58. The summed E-state index contributed by atoms with van der Waals surface area (Å²) in [6.45, 7) is 3.67. The zero-order valence-electron chi connectivity index (χ0n) is 16.1. The van der Waals surface area contributed by atoms with Gasteiger partial charge in [-0.2, -0.15) is 10.1 Å². The summed E-state index contributed by atoms with van der Waals surface area (Å²) in [5.41, 5.74) is 0.726. The van der Waals surface area contributed by atoms with Crippen LogP contribution in [-0.2, 0) is 19.1 Å². The molecular formula is C21H21IN2O5. The number of fused-ring (bicyclic) bond motifs is 5. The average molecular weight is 508 g/mol. The SMILES string of the molecule is CCOC(=O)[C@@H](C)Oc1ccc(C=NN2C(=O)[C@@H]3[C@H](C2=O)[C@H]2C=C[C@H]3C2)cc1I. The summed E-state index contributed by atoms with van der Waals surface area (Å²) in [4.78, 5) is 37.0. The zero-order valence-corrected chi connectivity index (χ0v) is 18.2. The Labute approximate surface area is 182 Å². The van der Waals surface area contributed by atoms with Crippen LogP contribution < -0.4 is 4.74 Å². The number of hydrazone groups is 1. The van der Waals surface area contributed by atoms with Gasteiger partial charge in [0.25, 0.3) is 11.8 Å². The summed E-state index contributed by atoms with van der Waals surface area (Å²) in [6.07, 6.45) is 5.80. The van der Waals surface area contributed by atoms with E-state index in [0.717, 1.165) is 20.6 Å². The minimum atomic E-state index is -0.716. The fraction of sp³-hybridized carbons (Fsp3) is 0.429. The second-order valence-electron chi connectivity index (χ2n) is 7.43. The van der Waals surface area contributed by atoms with Crippen LogP contribution in [0.3, 0.4) is 0 Å². The van der Waals surface area contributed by atoms with Crippen molar-refractivity contribution < 1.29 is 23.9 Å². The van der Waals surface area contributed by atoms with Crippen LogP contribution in [0.25, 0.3) is 0 Å². The summed E-state index contributed by atoms with van der Waals surface area (Å²) in [5, 5.41) is 5.21. The molecule has 0 N–H and O–H groups in total. The van der Waals surface area contributed by atoms with E-state index in [0.29, 0.717) is 12.4 Å². The van der Waals surface area contributed by atoms with E-state index in [2.05, 4.69) is 39.8 Å². The molecule has 1 aliphatic heterocycles. The number of rotatable bonds is 6. The lowest BCUT2D eigenvalue weighted by Crippen LogP contribution is -2.28. The quantitative estimate of drug-likeness (QED) is 0.194. The van der Waals surface area contributed by atoms with Crippen molar-refractivity contribution in [2.75, 3.05) is 6.61 Å². The second kappa shape index (κ2) is 7.89. The minimum absolute atomic E-state index is 0.167. The Balaban J connectivity index is 1.44. The van der Waals surface area contributed by atoms with Gasteiger partial charge >= 0.3 is 5.97 Å². The van der Waals surface area contributed by atoms with Gasteiger partial charge in [-0.15, -0.1) is 0 Å². The van der Waals surface area contributed by atoms with Crippen molar-refractivity contribution in [2.45, 2.75) is 26.4 Å². The molecule has 29 heavy (non-hydrogen) atoms. The van der Waals surface area contributed by atoms with E-state index < -0.39 is 12.1 Å². The number of carbonyl (C=O) groups excluding carboxylic acids is 3. The van der Waals surface area contributed by atoms with Crippen molar-refractivity contribution in [1.82, 2.24) is 5.01 Å². The maximum Gasteiger partial charge on any atom is 0.347 e. The third-order valence-electron chi connectivity index (χ3n) is 5.65. The highest BCUT2D eigenvalue weighted by Gasteiger charge is 2.59. The first kappa shape index (κ1) is 20.1. The predicted octanol–water partition coefficient (Wildman–Crippen LogP) is 2.76. The van der Waals surface area contributed by atoms with Crippen LogP contribution in [-0.4, -0.2) is 41.7 Å². The van der Waals surface area contributed by atoms with Crippen LogP contribution in [0, 0.1) is 27.2 Å². The lowest BCUT2D eigenvalue weighted by atomic mass is 9.85. The lowest BCUT2D eigenvalue weighted by Gasteiger charge is -2.15. The Kier molecular flexibility index (Phi) is 5.46. The van der Waals surface area contributed by atoms with Crippen molar-refractivity contribution in [3.63, 3.8) is 0 Å². The number of esters is 1. The maximum atomic E-state index is 12.7. The largest absolute Gasteiger partial charge is 0.478 e. The fourth-order valence-electron chi connectivity index (χ4n) is 4.32. The number of amides is 2. The molecule has 1 saturated heterocycles. The van der Waals surface area contributed by atoms with Crippen LogP contribution in [0.1, 0.15) is 25.8 Å². The summed E-state index contributed by atoms with van der Waals surface area (Å²) in [5.74, 6) is -0.453. The van der Waals surface area contributed by atoms with Gasteiger partial charge < -0.3 is 9.47 Å². The molecule has 4 rings (SSSR count). The number of carbonyl (C=O) groups is 3. The minimum Gasteiger partial charge on any atom is -0.478 e. The van der Waals surface area contributed by atoms with Gasteiger partial charge in [0.2, 0.25) is 0 Å². The van der Waals surface area contributed by atoms with Crippen LogP contribution in [0.5, 0.6) is 5.75 Å². The van der Waals surface area contributed by atoms with Crippen molar-refractivity contribution in [3.8, 4) is 5.75 Å². The predicted molar refractivity (Wildman–Crippen MR) is 113 cm³/mol. The molecule has 3 aliphatic rings. The van der Waals surface area contributed by atoms with Crippen molar-refractivity contribution in [1.29, 1.82) is 0 Å². The average Bonchev–Trinajstić information content (AvgIpc) is 3.37. The molecule has 8 heteroatoms. The number of benzene rings is 1. The summed E-state index contributed by atoms with van der Waals surface area (Å²) >= 11 is 2.10. The lowest BCUT2D eigenvalue weighted by molar-refractivity contribution is -0.150. The Morgan fingerprint density at radius 2 is 1.93 bits per heavy atom. The molecule has 7 nitrogen and oxygen atoms in total. The van der Waals surface area contributed by atoms with E-state index >= 15 is 0 Å². The van der Waals surface area contributed by atoms with Gasteiger partial charge in [-0.05, 0) is 78.5 Å². The van der Waals surface area contributed by atoms with Crippen LogP contribution in [0.15, 0.2) is 35.5 Å². The topological polar surface area (TPSA) is 85.3 Å². The number of allylic oxidation sites excluding steroid dienone is 2. The maximum absolute atomic E-state index is 12.7. The molecular weight excluding hydrogens is 487 g/mol. The molecule has 0 unspecified atom stereocenters. The molecule has 1 aromatic rings. The van der Waals surface area contributed by atoms with Crippen molar-refractivity contribution in [2.24, 2.45) is 28.8 Å². The van der Waals surface area contributed by atoms with Gasteiger partial charge in [-0.3, -0.25) is 9.59 Å².